The van der Waals surface area contributed by atoms with Crippen LogP contribution in [0.2, 0.25) is 0 Å². The fourth-order valence-electron chi connectivity index (χ4n) is 3.23. The van der Waals surface area contributed by atoms with E-state index in [4.69, 9.17) is 10.5 Å². The number of fused-ring (bicyclic) bond motifs is 2. The van der Waals surface area contributed by atoms with Crippen LogP contribution in [-0.4, -0.2) is 23.4 Å². The summed E-state index contributed by atoms with van der Waals surface area (Å²) in [6.45, 7) is 0.989. The Hall–Kier alpha value is -2.73. The number of rotatable bonds is 2. The Labute approximate surface area is 132 Å². The van der Waals surface area contributed by atoms with E-state index in [9.17, 15) is 9.59 Å². The molecule has 6 heteroatoms. The maximum absolute atomic E-state index is 11.6. The summed E-state index contributed by atoms with van der Waals surface area (Å²) < 4.78 is 5.56. The molecule has 0 saturated heterocycles. The van der Waals surface area contributed by atoms with Gasteiger partial charge in [0.15, 0.2) is 0 Å². The highest BCUT2D eigenvalue weighted by atomic mass is 16.5. The molecule has 0 aliphatic carbocycles. The number of ether oxygens (including phenoxy) is 1. The first-order chi connectivity index (χ1) is 11.1. The maximum atomic E-state index is 11.6. The number of carbonyl (C=O) groups is 2. The second kappa shape index (κ2) is 5.17. The minimum absolute atomic E-state index is 0.00436. The summed E-state index contributed by atoms with van der Waals surface area (Å²) in [4.78, 5) is 27.4. The van der Waals surface area contributed by atoms with Gasteiger partial charge in [-0.2, -0.15) is 0 Å². The van der Waals surface area contributed by atoms with E-state index >= 15 is 0 Å². The zero-order valence-electron chi connectivity index (χ0n) is 12.4. The SMILES string of the molecule is NC(=O)c1ncc(-c2ccc3c(c2)CC(=O)N3)c2c1CCOC2. The van der Waals surface area contributed by atoms with Crippen molar-refractivity contribution in [2.24, 2.45) is 5.73 Å². The lowest BCUT2D eigenvalue weighted by molar-refractivity contribution is -0.115. The van der Waals surface area contributed by atoms with Gasteiger partial charge in [-0.25, -0.2) is 0 Å². The van der Waals surface area contributed by atoms with Crippen LogP contribution in [0.25, 0.3) is 11.1 Å². The van der Waals surface area contributed by atoms with Crippen molar-refractivity contribution in [2.75, 3.05) is 11.9 Å². The fraction of sp³-hybridized carbons (Fsp3) is 0.235. The molecule has 6 nitrogen and oxygen atoms in total. The molecule has 2 amide bonds. The van der Waals surface area contributed by atoms with Crippen LogP contribution >= 0.6 is 0 Å². The number of aromatic nitrogens is 1. The molecule has 0 radical (unpaired) electrons. The first-order valence-corrected chi connectivity index (χ1v) is 7.45. The van der Waals surface area contributed by atoms with Crippen molar-refractivity contribution in [1.29, 1.82) is 0 Å². The van der Waals surface area contributed by atoms with E-state index in [0.717, 1.165) is 33.5 Å². The number of amides is 2. The van der Waals surface area contributed by atoms with Gasteiger partial charge in [0.25, 0.3) is 5.91 Å². The van der Waals surface area contributed by atoms with Crippen LogP contribution in [0.5, 0.6) is 0 Å². The van der Waals surface area contributed by atoms with E-state index in [1.54, 1.807) is 6.20 Å². The molecule has 2 aliphatic heterocycles. The van der Waals surface area contributed by atoms with Crippen molar-refractivity contribution in [3.05, 3.63) is 46.8 Å². The number of anilines is 1. The first-order valence-electron chi connectivity index (χ1n) is 7.45. The molecule has 4 rings (SSSR count). The molecule has 0 unspecified atom stereocenters. The number of nitrogens with one attached hydrogen (secondary N) is 1. The van der Waals surface area contributed by atoms with Crippen molar-refractivity contribution in [2.45, 2.75) is 19.4 Å². The second-order valence-electron chi connectivity index (χ2n) is 5.74. The Morgan fingerprint density at radius 2 is 2.17 bits per heavy atom. The molecule has 116 valence electrons. The first kappa shape index (κ1) is 13.9. The third kappa shape index (κ3) is 2.27. The highest BCUT2D eigenvalue weighted by Crippen LogP contribution is 2.34. The molecule has 3 heterocycles. The third-order valence-electron chi connectivity index (χ3n) is 4.32. The van der Waals surface area contributed by atoms with Crippen LogP contribution in [0.3, 0.4) is 0 Å². The predicted molar refractivity (Wildman–Crippen MR) is 83.9 cm³/mol. The summed E-state index contributed by atoms with van der Waals surface area (Å²) in [5.74, 6) is -0.511. The zero-order chi connectivity index (χ0) is 16.0. The highest BCUT2D eigenvalue weighted by Gasteiger charge is 2.23. The van der Waals surface area contributed by atoms with Crippen molar-refractivity contribution >= 4 is 17.5 Å². The van der Waals surface area contributed by atoms with E-state index in [1.165, 1.54) is 0 Å². The predicted octanol–water partition coefficient (Wildman–Crippen LogP) is 1.41. The van der Waals surface area contributed by atoms with E-state index in [2.05, 4.69) is 10.3 Å². The second-order valence-corrected chi connectivity index (χ2v) is 5.74. The quantitative estimate of drug-likeness (QED) is 0.877. The lowest BCUT2D eigenvalue weighted by atomic mass is 9.92. The van der Waals surface area contributed by atoms with E-state index in [0.29, 0.717) is 31.7 Å². The number of nitrogens with two attached hydrogens (primary N) is 1. The van der Waals surface area contributed by atoms with E-state index in [-0.39, 0.29) is 5.91 Å². The van der Waals surface area contributed by atoms with Gasteiger partial charge in [-0.1, -0.05) is 6.07 Å². The normalized spacial score (nSPS) is 15.7. The summed E-state index contributed by atoms with van der Waals surface area (Å²) in [6.07, 6.45) is 2.67. The van der Waals surface area contributed by atoms with Gasteiger partial charge in [-0.05, 0) is 40.8 Å². The molecule has 0 atom stereocenters. The van der Waals surface area contributed by atoms with Gasteiger partial charge in [-0.3, -0.25) is 14.6 Å². The molecular formula is C17H15N3O3. The standard InChI is InChI=1S/C17H15N3O3/c18-17(22)16-11-3-4-23-8-13(11)12(7-19-16)9-1-2-14-10(5-9)6-15(21)20-14/h1-2,5,7H,3-4,6,8H2,(H2,18,22)(H,20,21). The van der Waals surface area contributed by atoms with Crippen molar-refractivity contribution < 1.29 is 14.3 Å². The Bertz CT molecular complexity index is 845. The van der Waals surface area contributed by atoms with Crippen LogP contribution in [0.4, 0.5) is 5.69 Å². The van der Waals surface area contributed by atoms with Crippen molar-refractivity contribution in [3.8, 4) is 11.1 Å². The summed E-state index contributed by atoms with van der Waals surface area (Å²) in [5, 5.41) is 2.82. The Balaban J connectivity index is 1.85. The molecule has 2 aliphatic rings. The number of hydrogen-bond acceptors (Lipinski definition) is 4. The lowest BCUT2D eigenvalue weighted by Crippen LogP contribution is -2.21. The van der Waals surface area contributed by atoms with Gasteiger partial charge in [0.05, 0.1) is 19.6 Å². The average molecular weight is 309 g/mol. The summed E-state index contributed by atoms with van der Waals surface area (Å²) >= 11 is 0. The van der Waals surface area contributed by atoms with Crippen LogP contribution in [-0.2, 0) is 29.0 Å². The smallest absolute Gasteiger partial charge is 0.267 e. The van der Waals surface area contributed by atoms with Gasteiger partial charge >= 0.3 is 0 Å². The summed E-state index contributed by atoms with van der Waals surface area (Å²) in [7, 11) is 0. The number of primary amides is 1. The molecule has 3 N–H and O–H groups in total. The van der Waals surface area contributed by atoms with Crippen LogP contribution in [0, 0.1) is 0 Å². The highest BCUT2D eigenvalue weighted by molar-refractivity contribution is 6.00. The minimum Gasteiger partial charge on any atom is -0.376 e. The fourth-order valence-corrected chi connectivity index (χ4v) is 3.23. The molecule has 0 spiro atoms. The number of benzene rings is 1. The van der Waals surface area contributed by atoms with Gasteiger partial charge in [-0.15, -0.1) is 0 Å². The summed E-state index contributed by atoms with van der Waals surface area (Å²) in [6, 6.07) is 5.83. The number of carbonyl (C=O) groups excluding carboxylic acids is 2. The van der Waals surface area contributed by atoms with Crippen LogP contribution in [0.15, 0.2) is 24.4 Å². The molecule has 2 aromatic rings. The molecule has 0 saturated carbocycles. The van der Waals surface area contributed by atoms with Crippen molar-refractivity contribution in [1.82, 2.24) is 4.98 Å². The van der Waals surface area contributed by atoms with Gasteiger partial charge in [0, 0.05) is 17.4 Å². The number of nitrogens with zero attached hydrogens (tertiary/aromatic N) is 1. The lowest BCUT2D eigenvalue weighted by Gasteiger charge is -2.21. The monoisotopic (exact) mass is 309 g/mol. The summed E-state index contributed by atoms with van der Waals surface area (Å²) in [5.41, 5.74) is 11.3. The third-order valence-corrected chi connectivity index (χ3v) is 4.32. The van der Waals surface area contributed by atoms with Gasteiger partial charge in [0.2, 0.25) is 5.91 Å². The Morgan fingerprint density at radius 1 is 1.30 bits per heavy atom. The zero-order valence-corrected chi connectivity index (χ0v) is 12.4. The molecule has 0 fully saturated rings. The topological polar surface area (TPSA) is 94.3 Å². The van der Waals surface area contributed by atoms with Crippen molar-refractivity contribution in [3.63, 3.8) is 0 Å². The largest absolute Gasteiger partial charge is 0.376 e. The average Bonchev–Trinajstić information content (AvgIpc) is 2.92. The Kier molecular flexibility index (Phi) is 3.12. The van der Waals surface area contributed by atoms with E-state index in [1.807, 2.05) is 18.2 Å². The minimum atomic E-state index is -0.515. The molecule has 0 bridgehead atoms. The molecule has 23 heavy (non-hydrogen) atoms. The van der Waals surface area contributed by atoms with Gasteiger partial charge in [0.1, 0.15) is 5.69 Å². The Morgan fingerprint density at radius 3 is 3.00 bits per heavy atom. The van der Waals surface area contributed by atoms with E-state index < -0.39 is 5.91 Å². The molecule has 1 aromatic heterocycles. The number of hydrogen-bond donors (Lipinski definition) is 2. The maximum Gasteiger partial charge on any atom is 0.267 e. The van der Waals surface area contributed by atoms with Crippen LogP contribution in [0.1, 0.15) is 27.2 Å². The number of pyridine rings is 1. The molecule has 1 aromatic carbocycles. The van der Waals surface area contributed by atoms with Gasteiger partial charge < -0.3 is 15.8 Å². The van der Waals surface area contributed by atoms with Crippen LogP contribution < -0.4 is 11.1 Å². The molecular weight excluding hydrogens is 294 g/mol.